The first-order valence-corrected chi connectivity index (χ1v) is 9.57. The molecule has 1 amide bonds. The predicted octanol–water partition coefficient (Wildman–Crippen LogP) is 4.36. The van der Waals surface area contributed by atoms with E-state index < -0.39 is 5.91 Å². The van der Waals surface area contributed by atoms with Gasteiger partial charge in [-0.1, -0.05) is 41.1 Å². The van der Waals surface area contributed by atoms with Gasteiger partial charge in [0.25, 0.3) is 5.91 Å². The van der Waals surface area contributed by atoms with Gasteiger partial charge in [-0.3, -0.25) is 9.78 Å². The van der Waals surface area contributed by atoms with E-state index in [0.29, 0.717) is 27.7 Å². The van der Waals surface area contributed by atoms with Crippen LogP contribution in [0.3, 0.4) is 0 Å². The fraction of sp³-hybridized carbons (Fsp3) is 0.0909. The van der Waals surface area contributed by atoms with Crippen molar-refractivity contribution in [3.63, 3.8) is 0 Å². The Kier molecular flexibility index (Phi) is 5.54. The second-order valence-electron chi connectivity index (χ2n) is 6.61. The number of carbonyl (C=O) groups is 1. The van der Waals surface area contributed by atoms with Gasteiger partial charge < -0.3 is 5.32 Å². The van der Waals surface area contributed by atoms with Gasteiger partial charge in [0.1, 0.15) is 11.5 Å². The Labute approximate surface area is 177 Å². The second-order valence-corrected chi connectivity index (χ2v) is 7.05. The minimum Gasteiger partial charge on any atom is -0.346 e. The monoisotopic (exact) mass is 421 g/mol. The van der Waals surface area contributed by atoms with Crippen LogP contribution in [0.15, 0.2) is 66.9 Å². The molecule has 0 fully saturated rings. The van der Waals surface area contributed by atoms with Gasteiger partial charge in [-0.25, -0.2) is 9.07 Å². The van der Waals surface area contributed by atoms with E-state index in [1.807, 2.05) is 12.1 Å². The van der Waals surface area contributed by atoms with E-state index in [0.717, 1.165) is 5.56 Å². The maximum absolute atomic E-state index is 14.1. The zero-order chi connectivity index (χ0) is 21.1. The van der Waals surface area contributed by atoms with Crippen molar-refractivity contribution >= 4 is 17.5 Å². The molecule has 0 saturated heterocycles. The van der Waals surface area contributed by atoms with Gasteiger partial charge in [-0.2, -0.15) is 0 Å². The number of benzene rings is 2. The van der Waals surface area contributed by atoms with Crippen molar-refractivity contribution in [3.8, 4) is 17.1 Å². The Morgan fingerprint density at radius 1 is 1.13 bits per heavy atom. The largest absolute Gasteiger partial charge is 0.346 e. The van der Waals surface area contributed by atoms with E-state index in [-0.39, 0.29) is 18.1 Å². The summed E-state index contributed by atoms with van der Waals surface area (Å²) in [7, 11) is 0. The Balaban J connectivity index is 1.74. The number of pyridine rings is 1. The third kappa shape index (κ3) is 3.92. The van der Waals surface area contributed by atoms with Crippen molar-refractivity contribution in [2.75, 3.05) is 0 Å². The number of halogens is 2. The summed E-state index contributed by atoms with van der Waals surface area (Å²) in [5, 5.41) is 11.6. The molecule has 0 bridgehead atoms. The molecule has 0 atom stereocenters. The van der Waals surface area contributed by atoms with E-state index in [9.17, 15) is 9.18 Å². The highest BCUT2D eigenvalue weighted by Crippen LogP contribution is 2.26. The number of aromatic nitrogens is 4. The molecule has 2 heterocycles. The molecule has 0 aliphatic rings. The van der Waals surface area contributed by atoms with Crippen molar-refractivity contribution in [2.24, 2.45) is 0 Å². The Morgan fingerprint density at radius 3 is 2.73 bits per heavy atom. The molecule has 150 valence electrons. The van der Waals surface area contributed by atoms with Gasteiger partial charge >= 0.3 is 0 Å². The van der Waals surface area contributed by atoms with Gasteiger partial charge in [-0.05, 0) is 48.9 Å². The van der Waals surface area contributed by atoms with Crippen LogP contribution in [0.2, 0.25) is 5.02 Å². The molecule has 4 rings (SSSR count). The van der Waals surface area contributed by atoms with Crippen LogP contribution in [0.25, 0.3) is 17.1 Å². The summed E-state index contributed by atoms with van der Waals surface area (Å²) in [6.45, 7) is 1.92. The standard InChI is InChI=1S/C22H17ClFN5O/c1-14-17(24)8-5-10-19(14)29-21(18-9-2-3-11-25-18)20(27-28-29)22(30)26-13-15-6-4-7-16(23)12-15/h2-12H,13H2,1H3,(H,26,30). The topological polar surface area (TPSA) is 72.7 Å². The predicted molar refractivity (Wildman–Crippen MR) is 112 cm³/mol. The number of carbonyl (C=O) groups excluding carboxylic acids is 1. The molecule has 4 aromatic rings. The van der Waals surface area contributed by atoms with Crippen molar-refractivity contribution in [1.82, 2.24) is 25.3 Å². The number of hydrogen-bond acceptors (Lipinski definition) is 4. The Hall–Kier alpha value is -3.58. The lowest BCUT2D eigenvalue weighted by molar-refractivity contribution is 0.0946. The minimum atomic E-state index is -0.420. The molecule has 0 spiro atoms. The van der Waals surface area contributed by atoms with E-state index in [1.165, 1.54) is 10.7 Å². The summed E-state index contributed by atoms with van der Waals surface area (Å²) in [5.74, 6) is -0.794. The summed E-state index contributed by atoms with van der Waals surface area (Å²) >= 11 is 6.00. The van der Waals surface area contributed by atoms with Crippen molar-refractivity contribution < 1.29 is 9.18 Å². The zero-order valence-electron chi connectivity index (χ0n) is 16.0. The van der Waals surface area contributed by atoms with Crippen LogP contribution < -0.4 is 5.32 Å². The number of amides is 1. The van der Waals surface area contributed by atoms with Crippen molar-refractivity contribution in [3.05, 3.63) is 94.5 Å². The molecule has 8 heteroatoms. The molecule has 0 aliphatic heterocycles. The maximum atomic E-state index is 14.1. The van der Waals surface area contributed by atoms with Crippen LogP contribution in [0.4, 0.5) is 4.39 Å². The third-order valence-electron chi connectivity index (χ3n) is 4.60. The van der Waals surface area contributed by atoms with Crippen LogP contribution >= 0.6 is 11.6 Å². The van der Waals surface area contributed by atoms with E-state index in [4.69, 9.17) is 11.6 Å². The molecular weight excluding hydrogens is 405 g/mol. The molecule has 1 N–H and O–H groups in total. The SMILES string of the molecule is Cc1c(F)cccc1-n1nnc(C(=O)NCc2cccc(Cl)c2)c1-c1ccccn1. The molecule has 0 saturated carbocycles. The molecule has 0 unspecified atom stereocenters. The first kappa shape index (κ1) is 19.7. The first-order chi connectivity index (χ1) is 14.5. The molecule has 2 aromatic carbocycles. The molecule has 6 nitrogen and oxygen atoms in total. The lowest BCUT2D eigenvalue weighted by Crippen LogP contribution is -2.24. The van der Waals surface area contributed by atoms with E-state index >= 15 is 0 Å². The van der Waals surface area contributed by atoms with Crippen LogP contribution in [-0.2, 0) is 6.54 Å². The van der Waals surface area contributed by atoms with Crippen LogP contribution in [0, 0.1) is 12.7 Å². The number of nitrogens with one attached hydrogen (secondary N) is 1. The fourth-order valence-electron chi connectivity index (χ4n) is 3.07. The first-order valence-electron chi connectivity index (χ1n) is 9.20. The molecule has 2 aromatic heterocycles. The van der Waals surface area contributed by atoms with Crippen LogP contribution in [0.5, 0.6) is 0 Å². The average molecular weight is 422 g/mol. The minimum absolute atomic E-state index is 0.0967. The lowest BCUT2D eigenvalue weighted by atomic mass is 10.1. The van der Waals surface area contributed by atoms with Gasteiger partial charge in [-0.15, -0.1) is 5.10 Å². The number of nitrogens with zero attached hydrogens (tertiary/aromatic N) is 4. The highest BCUT2D eigenvalue weighted by Gasteiger charge is 2.24. The molecule has 0 radical (unpaired) electrons. The summed E-state index contributed by atoms with van der Waals surface area (Å²) in [5.41, 5.74) is 2.71. The summed E-state index contributed by atoms with van der Waals surface area (Å²) in [4.78, 5) is 17.3. The summed E-state index contributed by atoms with van der Waals surface area (Å²) in [6.07, 6.45) is 1.61. The van der Waals surface area contributed by atoms with Gasteiger partial charge in [0.2, 0.25) is 0 Å². The summed E-state index contributed by atoms with van der Waals surface area (Å²) in [6, 6.07) is 17.2. The zero-order valence-corrected chi connectivity index (χ0v) is 16.8. The maximum Gasteiger partial charge on any atom is 0.274 e. The molecular formula is C22H17ClFN5O. The third-order valence-corrected chi connectivity index (χ3v) is 4.84. The molecule has 0 aliphatic carbocycles. The smallest absolute Gasteiger partial charge is 0.274 e. The number of rotatable bonds is 5. The Morgan fingerprint density at radius 2 is 1.97 bits per heavy atom. The normalized spacial score (nSPS) is 10.8. The molecule has 30 heavy (non-hydrogen) atoms. The highest BCUT2D eigenvalue weighted by molar-refractivity contribution is 6.30. The van der Waals surface area contributed by atoms with Crippen LogP contribution in [-0.4, -0.2) is 25.9 Å². The average Bonchev–Trinajstić information content (AvgIpc) is 3.19. The Bertz CT molecular complexity index is 1210. The lowest BCUT2D eigenvalue weighted by Gasteiger charge is -2.11. The van der Waals surface area contributed by atoms with Crippen molar-refractivity contribution in [1.29, 1.82) is 0 Å². The quantitative estimate of drug-likeness (QED) is 0.519. The number of hydrogen-bond donors (Lipinski definition) is 1. The van der Waals surface area contributed by atoms with E-state index in [1.54, 1.807) is 55.6 Å². The van der Waals surface area contributed by atoms with Gasteiger partial charge in [0.05, 0.1) is 11.4 Å². The van der Waals surface area contributed by atoms with E-state index in [2.05, 4.69) is 20.6 Å². The van der Waals surface area contributed by atoms with Crippen LogP contribution in [0.1, 0.15) is 21.6 Å². The van der Waals surface area contributed by atoms with Gasteiger partial charge in [0.15, 0.2) is 5.69 Å². The highest BCUT2D eigenvalue weighted by atomic mass is 35.5. The fourth-order valence-corrected chi connectivity index (χ4v) is 3.29. The summed E-state index contributed by atoms with van der Waals surface area (Å²) < 4.78 is 15.6. The van der Waals surface area contributed by atoms with Gasteiger partial charge in [0, 0.05) is 23.3 Å². The second kappa shape index (κ2) is 8.42. The van der Waals surface area contributed by atoms with Crippen molar-refractivity contribution in [2.45, 2.75) is 13.5 Å².